The van der Waals surface area contributed by atoms with Crippen LogP contribution in [-0.4, -0.2) is 35.7 Å². The first kappa shape index (κ1) is 16.9. The van der Waals surface area contributed by atoms with Gasteiger partial charge in [0.2, 0.25) is 5.91 Å². The van der Waals surface area contributed by atoms with E-state index >= 15 is 0 Å². The number of halogens is 2. The monoisotopic (exact) mass is 335 g/mol. The lowest BCUT2D eigenvalue weighted by atomic mass is 10.2. The van der Waals surface area contributed by atoms with Gasteiger partial charge >= 0.3 is 0 Å². The van der Waals surface area contributed by atoms with Crippen molar-refractivity contribution in [2.75, 3.05) is 18.9 Å². The summed E-state index contributed by atoms with van der Waals surface area (Å²) < 4.78 is 12.9. The molecule has 0 unspecified atom stereocenters. The van der Waals surface area contributed by atoms with Crippen molar-refractivity contribution in [3.05, 3.63) is 58.5 Å². The van der Waals surface area contributed by atoms with Gasteiger partial charge in [0.15, 0.2) is 6.29 Å². The minimum atomic E-state index is -0.316. The number of amides is 1. The Labute approximate surface area is 138 Å². The molecule has 2 rings (SSSR count). The van der Waals surface area contributed by atoms with Crippen LogP contribution in [0.25, 0.3) is 0 Å². The fraction of sp³-hybridized carbons (Fsp3) is 0.188. The summed E-state index contributed by atoms with van der Waals surface area (Å²) in [5.74, 6) is -0.156. The van der Waals surface area contributed by atoms with Gasteiger partial charge in [0.25, 0.3) is 0 Å². The predicted molar refractivity (Wildman–Crippen MR) is 86.0 cm³/mol. The molecule has 1 N–H and O–H groups in total. The molecule has 0 radical (unpaired) electrons. The Kier molecular flexibility index (Phi) is 5.65. The maximum absolute atomic E-state index is 12.9. The lowest BCUT2D eigenvalue weighted by Crippen LogP contribution is -2.32. The zero-order chi connectivity index (χ0) is 16.8. The van der Waals surface area contributed by atoms with Crippen LogP contribution < -0.4 is 5.32 Å². The van der Waals surface area contributed by atoms with E-state index in [-0.39, 0.29) is 23.3 Å². The molecule has 1 aromatic carbocycles. The molecule has 0 aliphatic heterocycles. The van der Waals surface area contributed by atoms with Crippen LogP contribution in [-0.2, 0) is 11.3 Å². The molecule has 7 heteroatoms. The minimum Gasteiger partial charge on any atom is -0.360 e. The van der Waals surface area contributed by atoms with Crippen molar-refractivity contribution in [1.82, 2.24) is 9.88 Å². The molecule has 0 bridgehead atoms. The van der Waals surface area contributed by atoms with Gasteiger partial charge in [0.05, 0.1) is 11.6 Å². The van der Waals surface area contributed by atoms with Gasteiger partial charge in [0, 0.05) is 25.4 Å². The van der Waals surface area contributed by atoms with Crippen LogP contribution in [0.15, 0.2) is 36.5 Å². The van der Waals surface area contributed by atoms with Gasteiger partial charge in [-0.05, 0) is 23.8 Å². The lowest BCUT2D eigenvalue weighted by Gasteiger charge is -2.18. The number of anilines is 1. The summed E-state index contributed by atoms with van der Waals surface area (Å²) in [6.07, 6.45) is 2.01. The van der Waals surface area contributed by atoms with E-state index in [1.807, 2.05) is 0 Å². The number of hydrogen-bond acceptors (Lipinski definition) is 4. The van der Waals surface area contributed by atoms with Crippen LogP contribution in [0.1, 0.15) is 15.9 Å². The van der Waals surface area contributed by atoms with Crippen molar-refractivity contribution in [3.8, 4) is 0 Å². The number of nitrogens with zero attached hydrogens (tertiary/aromatic N) is 2. The Hall–Kier alpha value is -2.47. The fourth-order valence-electron chi connectivity index (χ4n) is 1.89. The molecule has 1 aromatic heterocycles. The van der Waals surface area contributed by atoms with Crippen molar-refractivity contribution >= 4 is 29.6 Å². The zero-order valence-corrected chi connectivity index (χ0v) is 13.2. The number of carbonyl (C=O) groups is 2. The normalized spacial score (nSPS) is 10.2. The van der Waals surface area contributed by atoms with Crippen LogP contribution in [0.2, 0.25) is 5.02 Å². The highest BCUT2D eigenvalue weighted by atomic mass is 35.5. The summed E-state index contributed by atoms with van der Waals surface area (Å²) in [5, 5.41) is 3.10. The summed E-state index contributed by atoms with van der Waals surface area (Å²) in [7, 11) is 1.65. The van der Waals surface area contributed by atoms with Crippen molar-refractivity contribution in [2.45, 2.75) is 6.54 Å². The molecule has 0 aliphatic rings. The molecular formula is C16H15ClFN3O2. The van der Waals surface area contributed by atoms with E-state index in [9.17, 15) is 14.0 Å². The number of rotatable bonds is 6. The Balaban J connectivity index is 1.91. The highest BCUT2D eigenvalue weighted by molar-refractivity contribution is 6.33. The van der Waals surface area contributed by atoms with E-state index in [2.05, 4.69) is 10.3 Å². The number of nitrogens with one attached hydrogen (secondary N) is 1. The fourth-order valence-corrected chi connectivity index (χ4v) is 2.13. The third-order valence-electron chi connectivity index (χ3n) is 3.16. The maximum Gasteiger partial charge on any atom is 0.241 e. The summed E-state index contributed by atoms with van der Waals surface area (Å²) in [6.45, 7) is 0.372. The average Bonchev–Trinajstić information content (AvgIpc) is 2.55. The van der Waals surface area contributed by atoms with Crippen molar-refractivity contribution in [3.63, 3.8) is 0 Å². The molecule has 5 nitrogen and oxygen atoms in total. The molecule has 0 saturated carbocycles. The van der Waals surface area contributed by atoms with Crippen LogP contribution in [0.5, 0.6) is 0 Å². The Morgan fingerprint density at radius 2 is 2.09 bits per heavy atom. The molecule has 0 spiro atoms. The smallest absolute Gasteiger partial charge is 0.241 e. The van der Waals surface area contributed by atoms with E-state index in [4.69, 9.17) is 11.6 Å². The summed E-state index contributed by atoms with van der Waals surface area (Å²) in [4.78, 5) is 28.2. The van der Waals surface area contributed by atoms with Crippen LogP contribution in [0.4, 0.5) is 10.2 Å². The highest BCUT2D eigenvalue weighted by Gasteiger charge is 2.11. The molecule has 120 valence electrons. The van der Waals surface area contributed by atoms with E-state index in [1.165, 1.54) is 29.3 Å². The number of aldehydes is 1. The molecule has 23 heavy (non-hydrogen) atoms. The number of likely N-dealkylation sites (N-methyl/N-ethyl adjacent to an activating group) is 1. The van der Waals surface area contributed by atoms with Gasteiger partial charge in [-0.3, -0.25) is 9.59 Å². The van der Waals surface area contributed by atoms with E-state index in [1.54, 1.807) is 19.2 Å². The third-order valence-corrected chi connectivity index (χ3v) is 3.45. The summed E-state index contributed by atoms with van der Waals surface area (Å²) in [6, 6.07) is 7.43. The van der Waals surface area contributed by atoms with Crippen LogP contribution in [0, 0.1) is 5.82 Å². The molecule has 0 fully saturated rings. The van der Waals surface area contributed by atoms with Crippen molar-refractivity contribution in [1.29, 1.82) is 0 Å². The SMILES string of the molecule is CN(Cc1ccc(F)cc1)C(=O)CNc1ncc(C=O)cc1Cl. The van der Waals surface area contributed by atoms with Gasteiger partial charge in [-0.25, -0.2) is 9.37 Å². The topological polar surface area (TPSA) is 62.3 Å². The van der Waals surface area contributed by atoms with E-state index in [0.717, 1.165) is 5.56 Å². The number of carbonyl (C=O) groups excluding carboxylic acids is 2. The Morgan fingerprint density at radius 3 is 2.70 bits per heavy atom. The summed E-state index contributed by atoms with van der Waals surface area (Å²) >= 11 is 5.97. The molecule has 1 amide bonds. The average molecular weight is 336 g/mol. The van der Waals surface area contributed by atoms with Crippen LogP contribution >= 0.6 is 11.6 Å². The summed E-state index contributed by atoms with van der Waals surface area (Å²) in [5.41, 5.74) is 1.19. The quantitative estimate of drug-likeness (QED) is 0.825. The van der Waals surface area contributed by atoms with Gasteiger partial charge in [-0.2, -0.15) is 0 Å². The number of benzene rings is 1. The number of aromatic nitrogens is 1. The second-order valence-corrected chi connectivity index (χ2v) is 5.35. The third kappa shape index (κ3) is 4.75. The Bertz CT molecular complexity index is 707. The van der Waals surface area contributed by atoms with Gasteiger partial charge in [0.1, 0.15) is 11.6 Å². The van der Waals surface area contributed by atoms with E-state index < -0.39 is 0 Å². The second-order valence-electron chi connectivity index (χ2n) is 4.95. The first-order valence-electron chi connectivity index (χ1n) is 6.82. The molecule has 2 aromatic rings. The highest BCUT2D eigenvalue weighted by Crippen LogP contribution is 2.19. The first-order chi connectivity index (χ1) is 11.0. The van der Waals surface area contributed by atoms with Crippen molar-refractivity contribution in [2.24, 2.45) is 0 Å². The predicted octanol–water partition coefficient (Wildman–Crippen LogP) is 2.76. The van der Waals surface area contributed by atoms with Gasteiger partial charge < -0.3 is 10.2 Å². The largest absolute Gasteiger partial charge is 0.360 e. The second kappa shape index (κ2) is 7.69. The first-order valence-corrected chi connectivity index (χ1v) is 7.20. The standard InChI is InChI=1S/C16H15ClFN3O2/c1-21(9-11-2-4-13(18)5-3-11)15(23)8-20-16-14(17)6-12(10-22)7-19-16/h2-7,10H,8-9H2,1H3,(H,19,20). The number of hydrogen-bond donors (Lipinski definition) is 1. The lowest BCUT2D eigenvalue weighted by molar-refractivity contribution is -0.128. The molecule has 1 heterocycles. The van der Waals surface area contributed by atoms with Crippen LogP contribution in [0.3, 0.4) is 0 Å². The zero-order valence-electron chi connectivity index (χ0n) is 12.4. The molecule has 0 aliphatic carbocycles. The van der Waals surface area contributed by atoms with Crippen molar-refractivity contribution < 1.29 is 14.0 Å². The molecule has 0 atom stereocenters. The minimum absolute atomic E-state index is 0.00481. The van der Waals surface area contributed by atoms with Gasteiger partial charge in [-0.15, -0.1) is 0 Å². The molecule has 0 saturated heterocycles. The molecular weight excluding hydrogens is 321 g/mol. The van der Waals surface area contributed by atoms with Gasteiger partial charge in [-0.1, -0.05) is 23.7 Å². The number of pyridine rings is 1. The van der Waals surface area contributed by atoms with E-state index in [0.29, 0.717) is 24.2 Å². The maximum atomic E-state index is 12.9. The Morgan fingerprint density at radius 1 is 1.39 bits per heavy atom.